The molecule has 0 heterocycles. The van der Waals surface area contributed by atoms with Crippen LogP contribution in [0.5, 0.6) is 0 Å². The van der Waals surface area contributed by atoms with Crippen LogP contribution in [0.25, 0.3) is 0 Å². The van der Waals surface area contributed by atoms with Crippen LogP contribution < -0.4 is 10.6 Å². The summed E-state index contributed by atoms with van der Waals surface area (Å²) < 4.78 is 0. The molecule has 0 fully saturated rings. The van der Waals surface area contributed by atoms with Crippen molar-refractivity contribution in [1.82, 2.24) is 10.6 Å². The molecule has 0 aromatic heterocycles. The minimum absolute atomic E-state index is 0. The molecule has 1 rings (SSSR count). The standard InChI is InChI=1S/C15H29N3S.HI/c1-3-16-15(17-11-7-13-19-2)18-12-10-14-8-5-4-6-9-14;/h8H,3-7,9-13H2,1-2H3,(H2,16,17,18);1H. The van der Waals surface area contributed by atoms with E-state index in [1.54, 1.807) is 5.57 Å². The summed E-state index contributed by atoms with van der Waals surface area (Å²) in [7, 11) is 0. The van der Waals surface area contributed by atoms with Gasteiger partial charge in [0, 0.05) is 19.6 Å². The van der Waals surface area contributed by atoms with Crippen LogP contribution in [0.1, 0.15) is 45.4 Å². The second-order valence-electron chi connectivity index (χ2n) is 4.89. The number of aliphatic imine (C=N–C) groups is 1. The Hall–Kier alpha value is 0.0900. The van der Waals surface area contributed by atoms with Crippen molar-refractivity contribution >= 4 is 41.7 Å². The molecule has 118 valence electrons. The van der Waals surface area contributed by atoms with Crippen LogP contribution in [0.4, 0.5) is 0 Å². The molecule has 0 amide bonds. The predicted octanol–water partition coefficient (Wildman–Crippen LogP) is 3.80. The van der Waals surface area contributed by atoms with Crippen molar-refractivity contribution in [2.45, 2.75) is 45.4 Å². The van der Waals surface area contributed by atoms with Crippen molar-refractivity contribution in [1.29, 1.82) is 0 Å². The van der Waals surface area contributed by atoms with Crippen LogP contribution in [0.3, 0.4) is 0 Å². The summed E-state index contributed by atoms with van der Waals surface area (Å²) in [6.07, 6.45) is 12.2. The molecule has 0 bridgehead atoms. The Labute approximate surface area is 145 Å². The Morgan fingerprint density at radius 2 is 2.20 bits per heavy atom. The Bertz CT molecular complexity index is 293. The van der Waals surface area contributed by atoms with E-state index in [-0.39, 0.29) is 24.0 Å². The minimum Gasteiger partial charge on any atom is -0.357 e. The number of hydrogen-bond donors (Lipinski definition) is 2. The van der Waals surface area contributed by atoms with E-state index in [1.807, 2.05) is 11.8 Å². The first kappa shape index (κ1) is 20.1. The maximum atomic E-state index is 4.60. The normalized spacial score (nSPS) is 15.3. The van der Waals surface area contributed by atoms with Gasteiger partial charge in [0.05, 0.1) is 0 Å². The number of guanidine groups is 1. The third-order valence-corrected chi connectivity index (χ3v) is 3.94. The zero-order valence-electron chi connectivity index (χ0n) is 12.9. The summed E-state index contributed by atoms with van der Waals surface area (Å²) in [6.45, 7) is 4.96. The van der Waals surface area contributed by atoms with Gasteiger partial charge in [-0.1, -0.05) is 11.6 Å². The maximum Gasteiger partial charge on any atom is 0.191 e. The van der Waals surface area contributed by atoms with Crippen LogP contribution in [0.15, 0.2) is 16.6 Å². The second-order valence-corrected chi connectivity index (χ2v) is 5.88. The van der Waals surface area contributed by atoms with Gasteiger partial charge in [0.2, 0.25) is 0 Å². The van der Waals surface area contributed by atoms with E-state index in [0.717, 1.165) is 38.4 Å². The Morgan fingerprint density at radius 3 is 2.85 bits per heavy atom. The quantitative estimate of drug-likeness (QED) is 0.210. The molecule has 0 aliphatic heterocycles. The lowest BCUT2D eigenvalue weighted by Crippen LogP contribution is -2.38. The summed E-state index contributed by atoms with van der Waals surface area (Å²) in [4.78, 5) is 4.60. The highest BCUT2D eigenvalue weighted by molar-refractivity contribution is 14.0. The number of halogens is 1. The molecule has 0 unspecified atom stereocenters. The number of nitrogens with one attached hydrogen (secondary N) is 2. The number of hydrogen-bond acceptors (Lipinski definition) is 2. The van der Waals surface area contributed by atoms with E-state index in [4.69, 9.17) is 0 Å². The third-order valence-electron chi connectivity index (χ3n) is 3.24. The Kier molecular flexibility index (Phi) is 14.1. The summed E-state index contributed by atoms with van der Waals surface area (Å²) in [5.74, 6) is 2.16. The van der Waals surface area contributed by atoms with Crippen LogP contribution in [0, 0.1) is 0 Å². The molecule has 0 spiro atoms. The van der Waals surface area contributed by atoms with Gasteiger partial charge in [0.25, 0.3) is 0 Å². The summed E-state index contributed by atoms with van der Waals surface area (Å²) >= 11 is 1.89. The zero-order chi connectivity index (χ0) is 13.8. The van der Waals surface area contributed by atoms with Crippen LogP contribution >= 0.6 is 35.7 Å². The summed E-state index contributed by atoms with van der Waals surface area (Å²) in [5, 5.41) is 6.75. The van der Waals surface area contributed by atoms with Gasteiger partial charge in [-0.3, -0.25) is 4.99 Å². The average molecular weight is 411 g/mol. The molecule has 5 heteroatoms. The van der Waals surface area contributed by atoms with Gasteiger partial charge in [0.15, 0.2) is 5.96 Å². The largest absolute Gasteiger partial charge is 0.357 e. The zero-order valence-corrected chi connectivity index (χ0v) is 16.1. The van der Waals surface area contributed by atoms with Gasteiger partial charge in [-0.25, -0.2) is 0 Å². The number of rotatable bonds is 8. The van der Waals surface area contributed by atoms with E-state index in [0.29, 0.717) is 0 Å². The maximum absolute atomic E-state index is 4.60. The lowest BCUT2D eigenvalue weighted by molar-refractivity contribution is 0.665. The fourth-order valence-electron chi connectivity index (χ4n) is 2.21. The second kappa shape index (κ2) is 14.0. The number of thioether (sulfide) groups is 1. The smallest absolute Gasteiger partial charge is 0.191 e. The fourth-order valence-corrected chi connectivity index (χ4v) is 2.63. The molecule has 1 aliphatic carbocycles. The van der Waals surface area contributed by atoms with Gasteiger partial charge in [-0.15, -0.1) is 24.0 Å². The van der Waals surface area contributed by atoms with Crippen molar-refractivity contribution in [2.24, 2.45) is 4.99 Å². The molecule has 0 aromatic rings. The van der Waals surface area contributed by atoms with E-state index in [9.17, 15) is 0 Å². The molecule has 1 aliphatic rings. The molecule has 0 radical (unpaired) electrons. The first-order chi connectivity index (χ1) is 9.36. The lowest BCUT2D eigenvalue weighted by Gasteiger charge is -2.15. The van der Waals surface area contributed by atoms with Gasteiger partial charge >= 0.3 is 0 Å². The van der Waals surface area contributed by atoms with Crippen LogP contribution in [0.2, 0.25) is 0 Å². The first-order valence-corrected chi connectivity index (χ1v) is 8.95. The monoisotopic (exact) mass is 411 g/mol. The summed E-state index contributed by atoms with van der Waals surface area (Å²) in [6, 6.07) is 0. The highest BCUT2D eigenvalue weighted by Crippen LogP contribution is 2.19. The third kappa shape index (κ3) is 9.91. The summed E-state index contributed by atoms with van der Waals surface area (Å²) in [5.41, 5.74) is 1.62. The van der Waals surface area contributed by atoms with Crippen molar-refractivity contribution in [2.75, 3.05) is 31.6 Å². The van der Waals surface area contributed by atoms with Gasteiger partial charge in [-0.05, 0) is 57.5 Å². The molecule has 3 nitrogen and oxygen atoms in total. The Morgan fingerprint density at radius 1 is 1.35 bits per heavy atom. The molecule has 0 atom stereocenters. The molecule has 0 saturated carbocycles. The highest BCUT2D eigenvalue weighted by atomic mass is 127. The molecule has 20 heavy (non-hydrogen) atoms. The Balaban J connectivity index is 0.00000361. The molecule has 0 aromatic carbocycles. The first-order valence-electron chi connectivity index (χ1n) is 7.56. The van der Waals surface area contributed by atoms with E-state index in [1.165, 1.54) is 31.4 Å². The van der Waals surface area contributed by atoms with Crippen LogP contribution in [-0.2, 0) is 0 Å². The predicted molar refractivity (Wildman–Crippen MR) is 104 cm³/mol. The van der Waals surface area contributed by atoms with Crippen molar-refractivity contribution in [3.8, 4) is 0 Å². The fraction of sp³-hybridized carbons (Fsp3) is 0.800. The lowest BCUT2D eigenvalue weighted by atomic mass is 9.97. The number of allylic oxidation sites excluding steroid dienone is 1. The highest BCUT2D eigenvalue weighted by Gasteiger charge is 2.03. The van der Waals surface area contributed by atoms with E-state index < -0.39 is 0 Å². The molecular weight excluding hydrogens is 381 g/mol. The van der Waals surface area contributed by atoms with Gasteiger partial charge < -0.3 is 10.6 Å². The molecule has 2 N–H and O–H groups in total. The van der Waals surface area contributed by atoms with Crippen molar-refractivity contribution in [3.05, 3.63) is 11.6 Å². The van der Waals surface area contributed by atoms with Crippen molar-refractivity contribution < 1.29 is 0 Å². The SMILES string of the molecule is CCNC(=NCCCSC)NCCC1=CCCCC1.I. The van der Waals surface area contributed by atoms with Crippen molar-refractivity contribution in [3.63, 3.8) is 0 Å². The number of nitrogens with zero attached hydrogens (tertiary/aromatic N) is 1. The minimum atomic E-state index is 0. The van der Waals surface area contributed by atoms with Gasteiger partial charge in [0.1, 0.15) is 0 Å². The molecular formula is C15H30IN3S. The van der Waals surface area contributed by atoms with Crippen LogP contribution in [-0.4, -0.2) is 37.6 Å². The van der Waals surface area contributed by atoms with E-state index >= 15 is 0 Å². The van der Waals surface area contributed by atoms with Gasteiger partial charge in [-0.2, -0.15) is 11.8 Å². The topological polar surface area (TPSA) is 36.4 Å². The average Bonchev–Trinajstić information content (AvgIpc) is 2.44. The molecule has 0 saturated heterocycles. The van der Waals surface area contributed by atoms with E-state index in [2.05, 4.69) is 34.9 Å².